The second kappa shape index (κ2) is 9.17. The first kappa shape index (κ1) is 20.4. The Labute approximate surface area is 161 Å². The van der Waals surface area contributed by atoms with E-state index in [1.807, 2.05) is 0 Å². The molecule has 0 aliphatic carbocycles. The summed E-state index contributed by atoms with van der Waals surface area (Å²) in [7, 11) is 2.68. The Kier molecular flexibility index (Phi) is 6.69. The summed E-state index contributed by atoms with van der Waals surface area (Å²) in [6.45, 7) is -0.234. The van der Waals surface area contributed by atoms with Gasteiger partial charge in [-0.3, -0.25) is 25.4 Å². The number of carbonyl (C=O) groups is 3. The van der Waals surface area contributed by atoms with E-state index >= 15 is 0 Å². The number of ether oxygens (including phenoxy) is 2. The van der Waals surface area contributed by atoms with Crippen molar-refractivity contribution in [3.8, 4) is 5.75 Å². The molecule has 0 saturated carbocycles. The van der Waals surface area contributed by atoms with Crippen LogP contribution in [0.2, 0.25) is 0 Å². The first-order valence-corrected chi connectivity index (χ1v) is 8.15. The summed E-state index contributed by atoms with van der Waals surface area (Å²) in [5, 5.41) is 8.40. The van der Waals surface area contributed by atoms with Crippen LogP contribution in [0.4, 0.5) is 0 Å². The molecule has 28 heavy (non-hydrogen) atoms. The number of esters is 1. The quantitative estimate of drug-likeness (QED) is 0.294. The van der Waals surface area contributed by atoms with Crippen LogP contribution in [0, 0.1) is 5.41 Å². The second-order valence-electron chi connectivity index (χ2n) is 5.69. The van der Waals surface area contributed by atoms with Gasteiger partial charge in [-0.15, -0.1) is 0 Å². The Bertz CT molecular complexity index is 878. The van der Waals surface area contributed by atoms with Gasteiger partial charge in [0.05, 0.1) is 7.11 Å². The molecular weight excluding hydrogens is 364 g/mol. The summed E-state index contributed by atoms with van der Waals surface area (Å²) in [5.41, 5.74) is 8.98. The van der Waals surface area contributed by atoms with Crippen molar-refractivity contribution in [3.63, 3.8) is 0 Å². The van der Waals surface area contributed by atoms with E-state index in [4.69, 9.17) is 15.9 Å². The van der Waals surface area contributed by atoms with Crippen LogP contribution in [-0.2, 0) is 9.53 Å². The Morgan fingerprint density at radius 2 is 1.54 bits per heavy atom. The maximum atomic E-state index is 12.4. The van der Waals surface area contributed by atoms with E-state index in [2.05, 4.69) is 10.2 Å². The lowest BCUT2D eigenvalue weighted by Gasteiger charge is -2.18. The van der Waals surface area contributed by atoms with Gasteiger partial charge in [0.1, 0.15) is 11.6 Å². The summed E-state index contributed by atoms with van der Waals surface area (Å²) in [6.07, 6.45) is 0. The zero-order valence-electron chi connectivity index (χ0n) is 15.4. The first-order valence-electron chi connectivity index (χ1n) is 8.15. The van der Waals surface area contributed by atoms with E-state index in [-0.39, 0.29) is 12.4 Å². The Morgan fingerprint density at radius 1 is 1.00 bits per heavy atom. The molecule has 2 aromatic carbocycles. The zero-order chi connectivity index (χ0) is 20.7. The highest BCUT2D eigenvalue weighted by atomic mass is 16.6. The predicted octanol–water partition coefficient (Wildman–Crippen LogP) is 0.939. The first-order chi connectivity index (χ1) is 13.3. The summed E-state index contributed by atoms with van der Waals surface area (Å²) in [6, 6.07) is 12.2. The highest BCUT2D eigenvalue weighted by Gasteiger charge is 2.15. The molecule has 0 radical (unpaired) electrons. The normalized spacial score (nSPS) is 9.93. The number of benzene rings is 2. The van der Waals surface area contributed by atoms with E-state index in [1.165, 1.54) is 50.6 Å². The molecule has 4 N–H and O–H groups in total. The zero-order valence-corrected chi connectivity index (χ0v) is 15.4. The van der Waals surface area contributed by atoms with Crippen LogP contribution in [0.25, 0.3) is 0 Å². The molecule has 2 rings (SSSR count). The van der Waals surface area contributed by atoms with E-state index in [9.17, 15) is 14.4 Å². The Hall–Kier alpha value is -3.88. The lowest BCUT2D eigenvalue weighted by molar-refractivity contribution is -0.142. The lowest BCUT2D eigenvalue weighted by Crippen LogP contribution is -2.43. The highest BCUT2D eigenvalue weighted by molar-refractivity contribution is 6.00. The van der Waals surface area contributed by atoms with E-state index in [1.54, 1.807) is 12.1 Å². The van der Waals surface area contributed by atoms with Gasteiger partial charge >= 0.3 is 5.97 Å². The van der Waals surface area contributed by atoms with Crippen LogP contribution in [0.15, 0.2) is 48.5 Å². The number of carbonyl (C=O) groups excluding carboxylic acids is 3. The molecule has 2 amide bonds. The summed E-state index contributed by atoms with van der Waals surface area (Å²) < 4.78 is 9.68. The predicted molar refractivity (Wildman–Crippen MR) is 101 cm³/mol. The number of hydrazine groups is 1. The van der Waals surface area contributed by atoms with Gasteiger partial charge in [0.2, 0.25) is 0 Å². The van der Waals surface area contributed by atoms with E-state index in [0.29, 0.717) is 22.4 Å². The fourth-order valence-corrected chi connectivity index (χ4v) is 2.16. The number of amidine groups is 1. The van der Waals surface area contributed by atoms with Crippen molar-refractivity contribution in [3.05, 3.63) is 65.2 Å². The molecule has 2 aromatic rings. The van der Waals surface area contributed by atoms with Crippen LogP contribution in [0.1, 0.15) is 26.3 Å². The van der Waals surface area contributed by atoms with Gasteiger partial charge in [-0.25, -0.2) is 4.79 Å². The van der Waals surface area contributed by atoms with Crippen molar-refractivity contribution in [2.75, 3.05) is 20.8 Å². The minimum absolute atomic E-state index is 0.0988. The molecule has 0 bridgehead atoms. The maximum absolute atomic E-state index is 12.4. The molecule has 0 aromatic heterocycles. The van der Waals surface area contributed by atoms with Crippen LogP contribution in [0.5, 0.6) is 5.75 Å². The summed E-state index contributed by atoms with van der Waals surface area (Å²) in [5.74, 6) is -1.13. The van der Waals surface area contributed by atoms with Gasteiger partial charge in [-0.05, 0) is 36.4 Å². The van der Waals surface area contributed by atoms with Crippen molar-refractivity contribution in [1.29, 1.82) is 5.41 Å². The standard InChI is InChI=1S/C19H20N4O5/c1-23(22-18(25)13-5-3-12(4-6-13)17(20)21)19(26)14-7-9-15(10-8-14)28-11-16(24)27-2/h3-10H,11H2,1-2H3,(H3,20,21)(H,22,25). The van der Waals surface area contributed by atoms with Gasteiger partial charge in [0.15, 0.2) is 6.61 Å². The average Bonchev–Trinajstić information content (AvgIpc) is 2.71. The molecule has 146 valence electrons. The number of nitrogens with two attached hydrogens (primary N) is 1. The van der Waals surface area contributed by atoms with Crippen molar-refractivity contribution < 1.29 is 23.9 Å². The minimum Gasteiger partial charge on any atom is -0.482 e. The number of methoxy groups -OCH3 is 1. The van der Waals surface area contributed by atoms with Crippen LogP contribution in [0.3, 0.4) is 0 Å². The number of nitrogens with one attached hydrogen (secondary N) is 2. The number of amides is 2. The molecule has 0 fully saturated rings. The van der Waals surface area contributed by atoms with Gasteiger partial charge in [-0.1, -0.05) is 12.1 Å². The van der Waals surface area contributed by atoms with Gasteiger partial charge < -0.3 is 15.2 Å². The minimum atomic E-state index is -0.515. The third kappa shape index (κ3) is 5.31. The number of nitrogens with zero attached hydrogens (tertiary/aromatic N) is 1. The molecule has 0 unspecified atom stereocenters. The van der Waals surface area contributed by atoms with E-state index < -0.39 is 17.8 Å². The molecule has 0 aliphatic rings. The van der Waals surface area contributed by atoms with E-state index in [0.717, 1.165) is 5.01 Å². The smallest absolute Gasteiger partial charge is 0.343 e. The third-order valence-corrected chi connectivity index (χ3v) is 3.72. The van der Waals surface area contributed by atoms with Crippen LogP contribution in [-0.4, -0.2) is 49.4 Å². The third-order valence-electron chi connectivity index (χ3n) is 3.72. The molecule has 0 spiro atoms. The maximum Gasteiger partial charge on any atom is 0.343 e. The molecular formula is C19H20N4O5. The Balaban J connectivity index is 1.96. The number of rotatable bonds is 6. The van der Waals surface area contributed by atoms with Gasteiger partial charge in [0.25, 0.3) is 11.8 Å². The number of hydrogen-bond donors (Lipinski definition) is 3. The fourth-order valence-electron chi connectivity index (χ4n) is 2.16. The molecule has 0 heterocycles. The molecule has 0 saturated heterocycles. The van der Waals surface area contributed by atoms with Crippen molar-refractivity contribution >= 4 is 23.6 Å². The summed E-state index contributed by atoms with van der Waals surface area (Å²) in [4.78, 5) is 35.7. The Morgan fingerprint density at radius 3 is 2.07 bits per heavy atom. The molecule has 9 nitrogen and oxygen atoms in total. The fraction of sp³-hybridized carbons (Fsp3) is 0.158. The van der Waals surface area contributed by atoms with Gasteiger partial charge in [0, 0.05) is 23.7 Å². The largest absolute Gasteiger partial charge is 0.482 e. The number of nitrogen functional groups attached to an aromatic ring is 1. The summed E-state index contributed by atoms with van der Waals surface area (Å²) >= 11 is 0. The van der Waals surface area contributed by atoms with Crippen molar-refractivity contribution in [2.45, 2.75) is 0 Å². The lowest BCUT2D eigenvalue weighted by atomic mass is 10.1. The second-order valence-corrected chi connectivity index (χ2v) is 5.69. The highest BCUT2D eigenvalue weighted by Crippen LogP contribution is 2.13. The van der Waals surface area contributed by atoms with Crippen LogP contribution >= 0.6 is 0 Å². The number of hydrogen-bond acceptors (Lipinski definition) is 6. The monoisotopic (exact) mass is 384 g/mol. The molecule has 9 heteroatoms. The van der Waals surface area contributed by atoms with Crippen molar-refractivity contribution in [2.24, 2.45) is 5.73 Å². The SMILES string of the molecule is COC(=O)COc1ccc(C(=O)N(C)NC(=O)c2ccc(C(=N)N)cc2)cc1. The van der Waals surface area contributed by atoms with Crippen LogP contribution < -0.4 is 15.9 Å². The van der Waals surface area contributed by atoms with Crippen molar-refractivity contribution in [1.82, 2.24) is 10.4 Å². The molecule has 0 atom stereocenters. The topological polar surface area (TPSA) is 135 Å². The average molecular weight is 384 g/mol. The van der Waals surface area contributed by atoms with Gasteiger partial charge in [-0.2, -0.15) is 0 Å². The molecule has 0 aliphatic heterocycles.